The van der Waals surface area contributed by atoms with Gasteiger partial charge in [-0.1, -0.05) is 68.3 Å². The van der Waals surface area contributed by atoms with Crippen LogP contribution < -0.4 is 0 Å². The zero-order valence-electron chi connectivity index (χ0n) is 15.4. The van der Waals surface area contributed by atoms with E-state index >= 15 is 0 Å². The number of hydrogen-bond acceptors (Lipinski definition) is 2. The molecule has 0 aromatic heterocycles. The normalized spacial score (nSPS) is 25.1. The lowest BCUT2D eigenvalue weighted by Gasteiger charge is -2.27. The van der Waals surface area contributed by atoms with Crippen LogP contribution in [0.15, 0.2) is 48.5 Å². The first-order chi connectivity index (χ1) is 12.6. The Bertz CT molecular complexity index is 828. The largest absolute Gasteiger partial charge is 0.299 e. The van der Waals surface area contributed by atoms with E-state index in [4.69, 9.17) is 0 Å². The van der Waals surface area contributed by atoms with Crippen LogP contribution in [0.25, 0.3) is 0 Å². The Morgan fingerprint density at radius 2 is 1.58 bits per heavy atom. The van der Waals surface area contributed by atoms with Gasteiger partial charge in [0.05, 0.1) is 5.92 Å². The van der Waals surface area contributed by atoms with Crippen molar-refractivity contribution in [3.05, 3.63) is 70.8 Å². The number of carbonyl (C=O) groups is 2. The second kappa shape index (κ2) is 7.19. The molecule has 2 aliphatic rings. The lowest BCUT2D eigenvalue weighted by Crippen LogP contribution is -2.21. The van der Waals surface area contributed by atoms with E-state index in [1.54, 1.807) is 0 Å². The Morgan fingerprint density at radius 3 is 2.35 bits per heavy atom. The third-order valence-corrected chi connectivity index (χ3v) is 6.24. The first-order valence-corrected chi connectivity index (χ1v) is 9.86. The highest BCUT2D eigenvalue weighted by atomic mass is 16.1. The minimum Gasteiger partial charge on any atom is -0.299 e. The Morgan fingerprint density at radius 1 is 0.923 bits per heavy atom. The molecule has 4 rings (SSSR count). The molecule has 2 nitrogen and oxygen atoms in total. The summed E-state index contributed by atoms with van der Waals surface area (Å²) in [5, 5.41) is 0. The Hall–Kier alpha value is -2.22. The van der Waals surface area contributed by atoms with Gasteiger partial charge in [0.25, 0.3) is 0 Å². The van der Waals surface area contributed by atoms with Gasteiger partial charge in [-0.25, -0.2) is 0 Å². The van der Waals surface area contributed by atoms with Gasteiger partial charge in [0.15, 0.2) is 5.78 Å². The second-order valence-electron chi connectivity index (χ2n) is 8.12. The van der Waals surface area contributed by atoms with E-state index in [1.807, 2.05) is 48.5 Å². The molecule has 2 aromatic carbocycles. The number of rotatable bonds is 3. The summed E-state index contributed by atoms with van der Waals surface area (Å²) in [4.78, 5) is 26.2. The van der Waals surface area contributed by atoms with Crippen LogP contribution in [-0.4, -0.2) is 11.6 Å². The van der Waals surface area contributed by atoms with E-state index in [-0.39, 0.29) is 17.5 Å². The van der Waals surface area contributed by atoms with Crippen molar-refractivity contribution in [2.45, 2.75) is 51.4 Å². The molecule has 26 heavy (non-hydrogen) atoms. The number of fused-ring (bicyclic) bond motifs is 2. The van der Waals surface area contributed by atoms with Gasteiger partial charge in [0.1, 0.15) is 5.78 Å². The SMILES string of the molecule is CC1CCC(CC(=O)C2c3ccccc3CC(=O)c3ccccc32)CC1. The minimum atomic E-state index is -0.298. The number of Topliss-reactive ketones (excluding diaryl/α,β-unsaturated/α-hetero) is 2. The highest BCUT2D eigenvalue weighted by molar-refractivity contribution is 6.03. The van der Waals surface area contributed by atoms with Crippen molar-refractivity contribution in [1.82, 2.24) is 0 Å². The number of hydrogen-bond donors (Lipinski definition) is 0. The van der Waals surface area contributed by atoms with Crippen LogP contribution in [0.4, 0.5) is 0 Å². The van der Waals surface area contributed by atoms with Gasteiger partial charge in [-0.05, 0) is 41.4 Å². The summed E-state index contributed by atoms with van der Waals surface area (Å²) in [6, 6.07) is 15.7. The van der Waals surface area contributed by atoms with Gasteiger partial charge in [-0.15, -0.1) is 0 Å². The highest BCUT2D eigenvalue weighted by Gasteiger charge is 2.33. The predicted octanol–water partition coefficient (Wildman–Crippen LogP) is 5.34. The molecule has 0 heterocycles. The first kappa shape index (κ1) is 17.2. The number of carbonyl (C=O) groups excluding carboxylic acids is 2. The molecule has 2 heteroatoms. The van der Waals surface area contributed by atoms with Crippen LogP contribution in [0.3, 0.4) is 0 Å². The van der Waals surface area contributed by atoms with Gasteiger partial charge in [0.2, 0.25) is 0 Å². The van der Waals surface area contributed by atoms with E-state index in [1.165, 1.54) is 12.8 Å². The average molecular weight is 346 g/mol. The van der Waals surface area contributed by atoms with Crippen molar-refractivity contribution in [2.75, 3.05) is 0 Å². The first-order valence-electron chi connectivity index (χ1n) is 9.86. The molecule has 1 saturated carbocycles. The van der Waals surface area contributed by atoms with Crippen LogP contribution in [0.5, 0.6) is 0 Å². The van der Waals surface area contributed by atoms with Crippen molar-refractivity contribution in [3.8, 4) is 0 Å². The Kier molecular flexibility index (Phi) is 4.76. The van der Waals surface area contributed by atoms with E-state index in [9.17, 15) is 9.59 Å². The third-order valence-electron chi connectivity index (χ3n) is 6.24. The second-order valence-corrected chi connectivity index (χ2v) is 8.12. The van der Waals surface area contributed by atoms with E-state index in [0.717, 1.165) is 41.0 Å². The van der Waals surface area contributed by atoms with Gasteiger partial charge in [0, 0.05) is 18.4 Å². The molecular weight excluding hydrogens is 320 g/mol. The molecule has 134 valence electrons. The van der Waals surface area contributed by atoms with Crippen molar-refractivity contribution in [1.29, 1.82) is 0 Å². The molecule has 0 radical (unpaired) electrons. The topological polar surface area (TPSA) is 34.1 Å². The number of benzene rings is 2. The van der Waals surface area contributed by atoms with Gasteiger partial charge in [-0.3, -0.25) is 9.59 Å². The lowest BCUT2D eigenvalue weighted by molar-refractivity contribution is -0.120. The molecule has 0 N–H and O–H groups in total. The smallest absolute Gasteiger partial charge is 0.167 e. The molecule has 0 bridgehead atoms. The molecule has 2 aromatic rings. The standard InChI is InChI=1S/C24H26O2/c1-16-10-12-17(13-11-16)14-23(26)24-19-7-3-2-6-18(19)15-22(25)20-8-4-5-9-21(20)24/h2-9,16-17,24H,10-15H2,1H3. The maximum atomic E-state index is 13.4. The zero-order valence-corrected chi connectivity index (χ0v) is 15.4. The average Bonchev–Trinajstić information content (AvgIpc) is 2.77. The van der Waals surface area contributed by atoms with Crippen LogP contribution in [0.1, 0.15) is 72.0 Å². The van der Waals surface area contributed by atoms with Gasteiger partial charge >= 0.3 is 0 Å². The van der Waals surface area contributed by atoms with Gasteiger partial charge < -0.3 is 0 Å². The van der Waals surface area contributed by atoms with Crippen LogP contribution in [0.2, 0.25) is 0 Å². The maximum absolute atomic E-state index is 13.4. The van der Waals surface area contributed by atoms with Crippen LogP contribution >= 0.6 is 0 Å². The maximum Gasteiger partial charge on any atom is 0.167 e. The van der Waals surface area contributed by atoms with E-state index in [0.29, 0.717) is 18.8 Å². The molecular formula is C24H26O2. The summed E-state index contributed by atoms with van der Waals surface area (Å²) in [5.41, 5.74) is 3.65. The molecule has 1 unspecified atom stereocenters. The number of ketones is 2. The van der Waals surface area contributed by atoms with Crippen molar-refractivity contribution < 1.29 is 9.59 Å². The summed E-state index contributed by atoms with van der Waals surface area (Å²) in [7, 11) is 0. The molecule has 1 atom stereocenters. The predicted molar refractivity (Wildman–Crippen MR) is 104 cm³/mol. The zero-order chi connectivity index (χ0) is 18.1. The van der Waals surface area contributed by atoms with Crippen LogP contribution in [0, 0.1) is 11.8 Å². The monoisotopic (exact) mass is 346 g/mol. The molecule has 0 amide bonds. The van der Waals surface area contributed by atoms with Crippen LogP contribution in [-0.2, 0) is 11.2 Å². The van der Waals surface area contributed by atoms with Crippen molar-refractivity contribution in [3.63, 3.8) is 0 Å². The Balaban J connectivity index is 1.71. The quantitative estimate of drug-likeness (QED) is 0.751. The summed E-state index contributed by atoms with van der Waals surface area (Å²) in [6.07, 6.45) is 5.79. The van der Waals surface area contributed by atoms with Gasteiger partial charge in [-0.2, -0.15) is 0 Å². The molecule has 0 spiro atoms. The summed E-state index contributed by atoms with van der Waals surface area (Å²) >= 11 is 0. The molecule has 2 aliphatic carbocycles. The van der Waals surface area contributed by atoms with Crippen molar-refractivity contribution in [2.24, 2.45) is 11.8 Å². The van der Waals surface area contributed by atoms with Crippen molar-refractivity contribution >= 4 is 11.6 Å². The fourth-order valence-corrected chi connectivity index (χ4v) is 4.70. The summed E-state index contributed by atoms with van der Waals surface area (Å²) in [6.45, 7) is 2.31. The minimum absolute atomic E-state index is 0.120. The fourth-order valence-electron chi connectivity index (χ4n) is 4.70. The highest BCUT2D eigenvalue weighted by Crippen LogP contribution is 2.38. The van der Waals surface area contributed by atoms with E-state index < -0.39 is 0 Å². The molecule has 1 fully saturated rings. The lowest BCUT2D eigenvalue weighted by atomic mass is 9.76. The fraction of sp³-hybridized carbons (Fsp3) is 0.417. The summed E-state index contributed by atoms with van der Waals surface area (Å²) < 4.78 is 0. The third kappa shape index (κ3) is 3.25. The van der Waals surface area contributed by atoms with E-state index in [2.05, 4.69) is 6.92 Å². The summed E-state index contributed by atoms with van der Waals surface area (Å²) in [5.74, 6) is 1.39. The molecule has 0 saturated heterocycles. The molecule has 0 aliphatic heterocycles. The Labute approximate surface area is 155 Å².